The summed E-state index contributed by atoms with van der Waals surface area (Å²) in [7, 11) is 1.66. The number of hydrogen-bond donors (Lipinski definition) is 3. The van der Waals surface area contributed by atoms with Crippen LogP contribution < -0.4 is 11.1 Å². The van der Waals surface area contributed by atoms with Gasteiger partial charge in [0.05, 0.1) is 25.1 Å². The SMILES string of the molecule is C=CCOC(=O)C1=C(CN(C)CC(=O)NCC(N)=O)S[C@@H]2[C@@H]([C@@H](C)O)C(=O)N12. The molecule has 3 atom stereocenters. The molecule has 0 spiro atoms. The van der Waals surface area contributed by atoms with E-state index in [1.807, 2.05) is 0 Å². The summed E-state index contributed by atoms with van der Waals surface area (Å²) in [5.41, 5.74) is 5.12. The Hall–Kier alpha value is -2.37. The van der Waals surface area contributed by atoms with Crippen LogP contribution in [0.5, 0.6) is 0 Å². The Morgan fingerprint density at radius 2 is 2.18 bits per heavy atom. The number of thioether (sulfide) groups is 1. The molecule has 0 aromatic carbocycles. The van der Waals surface area contributed by atoms with Crippen molar-refractivity contribution >= 4 is 35.5 Å². The molecule has 2 aliphatic heterocycles. The summed E-state index contributed by atoms with van der Waals surface area (Å²) in [4.78, 5) is 51.0. The molecule has 0 unspecified atom stereocenters. The quantitative estimate of drug-likeness (QED) is 0.221. The van der Waals surface area contributed by atoms with E-state index in [0.29, 0.717) is 4.91 Å². The van der Waals surface area contributed by atoms with Crippen molar-refractivity contribution in [2.45, 2.75) is 18.4 Å². The van der Waals surface area contributed by atoms with Gasteiger partial charge in [-0.2, -0.15) is 0 Å². The number of β-lactam (4-membered cyclic amide) rings is 1. The smallest absolute Gasteiger partial charge is 0.356 e. The van der Waals surface area contributed by atoms with Gasteiger partial charge in [0.15, 0.2) is 0 Å². The number of aliphatic hydroxyl groups is 1. The molecule has 0 saturated carbocycles. The van der Waals surface area contributed by atoms with Crippen LogP contribution in [-0.2, 0) is 23.9 Å². The van der Waals surface area contributed by atoms with Crippen molar-refractivity contribution in [1.82, 2.24) is 15.1 Å². The largest absolute Gasteiger partial charge is 0.457 e. The normalized spacial score (nSPS) is 21.9. The molecule has 0 aromatic heterocycles. The monoisotopic (exact) mass is 412 g/mol. The van der Waals surface area contributed by atoms with Crippen molar-refractivity contribution in [3.63, 3.8) is 0 Å². The van der Waals surface area contributed by atoms with Gasteiger partial charge in [-0.15, -0.1) is 11.8 Å². The van der Waals surface area contributed by atoms with Crippen molar-refractivity contribution in [3.8, 4) is 0 Å². The second-order valence-electron chi connectivity index (χ2n) is 6.56. The van der Waals surface area contributed by atoms with Gasteiger partial charge in [-0.1, -0.05) is 12.7 Å². The van der Waals surface area contributed by atoms with Gasteiger partial charge >= 0.3 is 5.97 Å². The van der Waals surface area contributed by atoms with Crippen molar-refractivity contribution in [3.05, 3.63) is 23.3 Å². The van der Waals surface area contributed by atoms with Gasteiger partial charge < -0.3 is 20.9 Å². The lowest BCUT2D eigenvalue weighted by atomic mass is 9.92. The number of nitrogens with one attached hydrogen (secondary N) is 1. The lowest BCUT2D eigenvalue weighted by molar-refractivity contribution is -0.158. The number of ether oxygens (including phenoxy) is 1. The lowest BCUT2D eigenvalue weighted by Crippen LogP contribution is -2.60. The highest BCUT2D eigenvalue weighted by Crippen LogP contribution is 2.50. The van der Waals surface area contributed by atoms with Crippen LogP contribution in [0.25, 0.3) is 0 Å². The highest BCUT2D eigenvalue weighted by Gasteiger charge is 2.57. The molecule has 0 aromatic rings. The second kappa shape index (κ2) is 9.22. The number of carbonyl (C=O) groups is 4. The molecule has 1 saturated heterocycles. The number of fused-ring (bicyclic) bond motifs is 1. The van der Waals surface area contributed by atoms with Crippen LogP contribution in [0.3, 0.4) is 0 Å². The van der Waals surface area contributed by atoms with Gasteiger partial charge in [0.25, 0.3) is 0 Å². The highest BCUT2D eigenvalue weighted by molar-refractivity contribution is 8.04. The van der Waals surface area contributed by atoms with Crippen molar-refractivity contribution < 1.29 is 29.0 Å². The minimum absolute atomic E-state index is 0.00181. The Morgan fingerprint density at radius 1 is 1.50 bits per heavy atom. The Bertz CT molecular complexity index is 722. The lowest BCUT2D eigenvalue weighted by Gasteiger charge is -2.43. The maximum absolute atomic E-state index is 12.5. The molecule has 4 N–H and O–H groups in total. The van der Waals surface area contributed by atoms with Gasteiger partial charge in [-0.3, -0.25) is 24.2 Å². The van der Waals surface area contributed by atoms with E-state index >= 15 is 0 Å². The van der Waals surface area contributed by atoms with Gasteiger partial charge in [0.1, 0.15) is 17.7 Å². The third-order valence-corrected chi connectivity index (χ3v) is 5.54. The van der Waals surface area contributed by atoms with Gasteiger partial charge in [0.2, 0.25) is 17.7 Å². The minimum Gasteiger partial charge on any atom is -0.457 e. The fraction of sp³-hybridized carbons (Fsp3) is 0.529. The molecule has 154 valence electrons. The van der Waals surface area contributed by atoms with E-state index in [0.717, 1.165) is 0 Å². The van der Waals surface area contributed by atoms with E-state index in [2.05, 4.69) is 11.9 Å². The molecule has 11 heteroatoms. The summed E-state index contributed by atoms with van der Waals surface area (Å²) in [5.74, 6) is -2.65. The molecule has 2 aliphatic rings. The number of esters is 1. The highest BCUT2D eigenvalue weighted by atomic mass is 32.2. The van der Waals surface area contributed by atoms with Crippen molar-refractivity contribution in [1.29, 1.82) is 0 Å². The average Bonchev–Trinajstić information content (AvgIpc) is 2.91. The third kappa shape index (κ3) is 4.72. The second-order valence-corrected chi connectivity index (χ2v) is 7.77. The summed E-state index contributed by atoms with van der Waals surface area (Å²) in [6, 6.07) is 0. The first kappa shape index (κ1) is 21.9. The molecule has 3 amide bonds. The zero-order valence-corrected chi connectivity index (χ0v) is 16.5. The molecule has 0 radical (unpaired) electrons. The topological polar surface area (TPSA) is 142 Å². The van der Waals surface area contributed by atoms with Crippen LogP contribution in [-0.4, -0.2) is 83.4 Å². The van der Waals surface area contributed by atoms with Gasteiger partial charge in [-0.25, -0.2) is 4.79 Å². The van der Waals surface area contributed by atoms with Crippen LogP contribution in [0.15, 0.2) is 23.3 Å². The number of hydrogen-bond acceptors (Lipinski definition) is 8. The predicted molar refractivity (Wildman–Crippen MR) is 101 cm³/mol. The van der Waals surface area contributed by atoms with E-state index in [-0.39, 0.29) is 43.2 Å². The standard InChI is InChI=1S/C17H24N4O6S/c1-4-5-27-17(26)14-10(7-20(3)8-12(24)19-6-11(18)23)28-16-13(9(2)22)15(25)21(14)16/h4,9,13,16,22H,1,5-8H2,2-3H3,(H2,18,23)(H,19,24)/t9-,13+,16-/m1/s1. The van der Waals surface area contributed by atoms with E-state index in [9.17, 15) is 24.3 Å². The Morgan fingerprint density at radius 3 is 2.75 bits per heavy atom. The molecule has 0 bridgehead atoms. The number of primary amides is 1. The number of nitrogens with zero attached hydrogens (tertiary/aromatic N) is 2. The fourth-order valence-corrected chi connectivity index (χ4v) is 4.63. The van der Waals surface area contributed by atoms with Crippen LogP contribution in [0, 0.1) is 5.92 Å². The maximum atomic E-state index is 12.5. The van der Waals surface area contributed by atoms with E-state index in [1.54, 1.807) is 11.9 Å². The van der Waals surface area contributed by atoms with E-state index < -0.39 is 29.8 Å². The number of amides is 3. The Labute approximate surface area is 166 Å². The predicted octanol–water partition coefficient (Wildman–Crippen LogP) is -1.63. The molecule has 1 fully saturated rings. The molecule has 0 aliphatic carbocycles. The van der Waals surface area contributed by atoms with Crippen LogP contribution in [0.1, 0.15) is 6.92 Å². The zero-order valence-electron chi connectivity index (χ0n) is 15.7. The number of aliphatic hydroxyl groups excluding tert-OH is 1. The van der Waals surface area contributed by atoms with Gasteiger partial charge in [-0.05, 0) is 14.0 Å². The van der Waals surface area contributed by atoms with Crippen LogP contribution >= 0.6 is 11.8 Å². The van der Waals surface area contributed by atoms with E-state index in [4.69, 9.17) is 10.5 Å². The van der Waals surface area contributed by atoms with Crippen molar-refractivity contribution in [2.24, 2.45) is 11.7 Å². The summed E-state index contributed by atoms with van der Waals surface area (Å²) < 4.78 is 5.10. The summed E-state index contributed by atoms with van der Waals surface area (Å²) >= 11 is 1.29. The van der Waals surface area contributed by atoms with Crippen LogP contribution in [0.2, 0.25) is 0 Å². The van der Waals surface area contributed by atoms with Gasteiger partial charge in [0, 0.05) is 11.4 Å². The summed E-state index contributed by atoms with van der Waals surface area (Å²) in [5, 5.41) is 11.8. The molecule has 28 heavy (non-hydrogen) atoms. The number of nitrogens with two attached hydrogens (primary N) is 1. The number of likely N-dealkylation sites (N-methyl/N-ethyl adjacent to an activating group) is 1. The fourth-order valence-electron chi connectivity index (χ4n) is 2.95. The minimum atomic E-state index is -0.844. The molecular weight excluding hydrogens is 388 g/mol. The van der Waals surface area contributed by atoms with Crippen molar-refractivity contribution in [2.75, 3.05) is 33.3 Å². The first-order valence-electron chi connectivity index (χ1n) is 8.59. The Kier molecular flexibility index (Phi) is 7.22. The number of carbonyl (C=O) groups excluding carboxylic acids is 4. The number of rotatable bonds is 10. The zero-order chi connectivity index (χ0) is 21.0. The molecule has 10 nitrogen and oxygen atoms in total. The third-order valence-electron chi connectivity index (χ3n) is 4.18. The average molecular weight is 412 g/mol. The first-order valence-corrected chi connectivity index (χ1v) is 9.47. The molecule has 2 heterocycles. The maximum Gasteiger partial charge on any atom is 0.356 e. The molecule has 2 rings (SSSR count). The summed E-state index contributed by atoms with van der Waals surface area (Å²) in [6.45, 7) is 4.93. The summed E-state index contributed by atoms with van der Waals surface area (Å²) in [6.07, 6.45) is 0.576. The Balaban J connectivity index is 2.11. The first-order chi connectivity index (χ1) is 13.2. The van der Waals surface area contributed by atoms with E-state index in [1.165, 1.54) is 29.7 Å². The molecular formula is C17H24N4O6S. The van der Waals surface area contributed by atoms with Crippen LogP contribution in [0.4, 0.5) is 0 Å².